The second-order valence-electron chi connectivity index (χ2n) is 12.7. The van der Waals surface area contributed by atoms with Gasteiger partial charge in [-0.25, -0.2) is 9.59 Å². The number of carbonyl (C=O) groups is 2. The molecule has 0 amide bonds. The van der Waals surface area contributed by atoms with E-state index >= 15 is 0 Å². The number of nitrogens with zero attached hydrogens (tertiary/aromatic N) is 1. The van der Waals surface area contributed by atoms with Crippen LogP contribution in [-0.4, -0.2) is 11.9 Å². The van der Waals surface area contributed by atoms with Gasteiger partial charge in [-0.15, -0.1) is 0 Å². The number of carbonyl (C=O) groups excluding carboxylic acids is 2. The third kappa shape index (κ3) is 3.32. The third-order valence-corrected chi connectivity index (χ3v) is 10.2. The van der Waals surface area contributed by atoms with Gasteiger partial charge in [-0.05, 0) is 130 Å². The zero-order chi connectivity index (χ0) is 22.2. The van der Waals surface area contributed by atoms with Crippen molar-refractivity contribution in [3.8, 4) is 0 Å². The average molecular weight is 450 g/mol. The van der Waals surface area contributed by atoms with Crippen molar-refractivity contribution in [1.82, 2.24) is 0 Å². The van der Waals surface area contributed by atoms with Gasteiger partial charge in [0, 0.05) is 0 Å². The first-order valence-electron chi connectivity index (χ1n) is 13.3. The van der Waals surface area contributed by atoms with Gasteiger partial charge >= 0.3 is 11.9 Å². The maximum atomic E-state index is 13.7. The lowest BCUT2D eigenvalue weighted by Gasteiger charge is -2.55. The molecule has 0 aromatic heterocycles. The number of para-hydroxylation sites is 1. The fraction of sp³-hybridized carbons (Fsp3) is 0.714. The minimum Gasteiger partial charge on any atom is -0.305 e. The molecule has 0 spiro atoms. The molecule has 5 nitrogen and oxygen atoms in total. The molecule has 8 saturated carbocycles. The van der Waals surface area contributed by atoms with E-state index in [-0.39, 0.29) is 11.9 Å². The van der Waals surface area contributed by atoms with E-state index in [9.17, 15) is 9.59 Å². The summed E-state index contributed by atoms with van der Waals surface area (Å²) in [6.07, 6.45) is 13.2. The Morgan fingerprint density at radius 2 is 0.939 bits per heavy atom. The summed E-state index contributed by atoms with van der Waals surface area (Å²) in [6.45, 7) is 0. The fourth-order valence-corrected chi connectivity index (χ4v) is 9.74. The van der Waals surface area contributed by atoms with Crippen LogP contribution in [-0.2, 0) is 19.3 Å². The van der Waals surface area contributed by atoms with Crippen molar-refractivity contribution >= 4 is 17.6 Å². The Labute approximate surface area is 196 Å². The highest BCUT2D eigenvalue weighted by Crippen LogP contribution is 2.62. The van der Waals surface area contributed by atoms with Gasteiger partial charge in [0.05, 0.1) is 10.8 Å². The van der Waals surface area contributed by atoms with Crippen molar-refractivity contribution in [1.29, 1.82) is 0 Å². The highest BCUT2D eigenvalue weighted by atomic mass is 17.0. The Bertz CT molecular complexity index is 827. The molecule has 176 valence electrons. The largest absolute Gasteiger partial charge is 0.342 e. The second kappa shape index (κ2) is 7.23. The van der Waals surface area contributed by atoms with Gasteiger partial charge in [0.15, 0.2) is 0 Å². The zero-order valence-electron chi connectivity index (χ0n) is 19.4. The molecule has 5 heteroatoms. The van der Waals surface area contributed by atoms with Gasteiger partial charge in [0.25, 0.3) is 0 Å². The summed E-state index contributed by atoms with van der Waals surface area (Å²) >= 11 is 0. The van der Waals surface area contributed by atoms with Gasteiger partial charge in [-0.2, -0.15) is 0 Å². The lowest BCUT2D eigenvalue weighted by atomic mass is 9.49. The molecule has 8 aliphatic rings. The quantitative estimate of drug-likeness (QED) is 0.529. The third-order valence-electron chi connectivity index (χ3n) is 10.2. The molecule has 0 unspecified atom stereocenters. The van der Waals surface area contributed by atoms with Gasteiger partial charge in [0.2, 0.25) is 0 Å². The van der Waals surface area contributed by atoms with Crippen molar-refractivity contribution in [3.63, 3.8) is 0 Å². The fourth-order valence-electron chi connectivity index (χ4n) is 9.74. The van der Waals surface area contributed by atoms with E-state index in [4.69, 9.17) is 9.68 Å². The van der Waals surface area contributed by atoms with E-state index in [1.807, 2.05) is 30.3 Å². The molecule has 0 atom stereocenters. The molecule has 0 radical (unpaired) electrons. The summed E-state index contributed by atoms with van der Waals surface area (Å²) in [7, 11) is 0. The molecule has 8 bridgehead atoms. The number of rotatable bonds is 5. The van der Waals surface area contributed by atoms with E-state index in [1.165, 1.54) is 43.8 Å². The van der Waals surface area contributed by atoms with Crippen LogP contribution in [0.2, 0.25) is 0 Å². The lowest BCUT2D eigenvalue weighted by molar-refractivity contribution is -0.202. The van der Waals surface area contributed by atoms with Gasteiger partial charge < -0.3 is 9.68 Å². The number of anilines is 1. The summed E-state index contributed by atoms with van der Waals surface area (Å²) in [4.78, 5) is 39.3. The van der Waals surface area contributed by atoms with E-state index in [2.05, 4.69) is 0 Å². The van der Waals surface area contributed by atoms with Crippen molar-refractivity contribution in [3.05, 3.63) is 30.3 Å². The number of hydrogen-bond donors (Lipinski definition) is 0. The number of hydrogen-bond acceptors (Lipinski definition) is 5. The summed E-state index contributed by atoms with van der Waals surface area (Å²) in [5, 5.41) is 1.17. The Balaban J connectivity index is 1.13. The van der Waals surface area contributed by atoms with Crippen LogP contribution in [0.1, 0.15) is 77.0 Å². The SMILES string of the molecule is O=C(ON(OC(=O)C12CC3CC(CC(C3)C1)C2)c1ccccc1)C12CC3CC(CC(C3)C1)C2. The van der Waals surface area contributed by atoms with E-state index in [0.717, 1.165) is 38.5 Å². The maximum Gasteiger partial charge on any atom is 0.342 e. The van der Waals surface area contributed by atoms with E-state index in [0.29, 0.717) is 41.2 Å². The molecular weight excluding hydrogens is 414 g/mol. The minimum atomic E-state index is -0.394. The predicted octanol–water partition coefficient (Wildman–Crippen LogP) is 5.84. The first-order valence-corrected chi connectivity index (χ1v) is 13.3. The van der Waals surface area contributed by atoms with Crippen LogP contribution in [0.25, 0.3) is 0 Å². The Morgan fingerprint density at radius 1 is 0.606 bits per heavy atom. The molecule has 0 saturated heterocycles. The van der Waals surface area contributed by atoms with Gasteiger partial charge in [0.1, 0.15) is 5.69 Å². The minimum absolute atomic E-state index is 0.191. The molecule has 1 aromatic carbocycles. The highest BCUT2D eigenvalue weighted by Gasteiger charge is 2.58. The normalized spacial score (nSPS) is 44.0. The summed E-state index contributed by atoms with van der Waals surface area (Å²) in [5.74, 6) is 3.55. The van der Waals surface area contributed by atoms with Gasteiger partial charge in [-0.1, -0.05) is 18.2 Å². The maximum absolute atomic E-state index is 13.7. The molecule has 0 aliphatic heterocycles. The molecule has 8 fully saturated rings. The summed E-state index contributed by atoms with van der Waals surface area (Å²) in [5.41, 5.74) is -0.183. The predicted molar refractivity (Wildman–Crippen MR) is 122 cm³/mol. The van der Waals surface area contributed by atoms with Crippen molar-refractivity contribution in [2.45, 2.75) is 77.0 Å². The van der Waals surface area contributed by atoms with Crippen molar-refractivity contribution in [2.75, 3.05) is 5.23 Å². The van der Waals surface area contributed by atoms with Gasteiger partial charge in [-0.3, -0.25) is 0 Å². The standard InChI is InChI=1S/C28H35NO4/c30-25(27-12-18-6-19(13-27)8-20(7-18)14-27)32-29(24-4-2-1-3-5-24)33-26(31)28-15-21-9-22(16-28)11-23(10-21)17-28/h1-5,18-23H,6-17H2. The zero-order valence-corrected chi connectivity index (χ0v) is 19.4. The first kappa shape index (κ1) is 20.3. The first-order chi connectivity index (χ1) is 16.0. The van der Waals surface area contributed by atoms with E-state index in [1.54, 1.807) is 0 Å². The Hall–Kier alpha value is -2.04. The summed E-state index contributed by atoms with van der Waals surface area (Å²) < 4.78 is 0. The molecule has 33 heavy (non-hydrogen) atoms. The molecule has 1 aromatic rings. The van der Waals surface area contributed by atoms with Crippen molar-refractivity contribution < 1.29 is 19.3 Å². The van der Waals surface area contributed by atoms with Crippen LogP contribution in [0, 0.1) is 46.3 Å². The van der Waals surface area contributed by atoms with Crippen LogP contribution in [0.3, 0.4) is 0 Å². The molecule has 0 heterocycles. The smallest absolute Gasteiger partial charge is 0.305 e. The van der Waals surface area contributed by atoms with Crippen LogP contribution in [0.15, 0.2) is 30.3 Å². The highest BCUT2D eigenvalue weighted by molar-refractivity contribution is 5.81. The average Bonchev–Trinajstić information content (AvgIpc) is 2.77. The molecule has 8 aliphatic carbocycles. The lowest BCUT2D eigenvalue weighted by Crippen LogP contribution is -2.53. The van der Waals surface area contributed by atoms with Crippen LogP contribution >= 0.6 is 0 Å². The number of benzene rings is 1. The topological polar surface area (TPSA) is 55.8 Å². The molecule has 9 rings (SSSR count). The Kier molecular flexibility index (Phi) is 4.46. The summed E-state index contributed by atoms with van der Waals surface area (Å²) in [6, 6.07) is 9.39. The van der Waals surface area contributed by atoms with Crippen molar-refractivity contribution in [2.24, 2.45) is 46.3 Å². The molecule has 0 N–H and O–H groups in total. The Morgan fingerprint density at radius 3 is 1.27 bits per heavy atom. The molecular formula is C28H35NO4. The van der Waals surface area contributed by atoms with Crippen LogP contribution in [0.5, 0.6) is 0 Å². The van der Waals surface area contributed by atoms with E-state index < -0.39 is 10.8 Å². The second-order valence-corrected chi connectivity index (χ2v) is 12.7. The van der Waals surface area contributed by atoms with Crippen LogP contribution < -0.4 is 5.23 Å². The van der Waals surface area contributed by atoms with Crippen LogP contribution in [0.4, 0.5) is 5.69 Å². The monoisotopic (exact) mass is 449 g/mol.